The van der Waals surface area contributed by atoms with Crippen LogP contribution in [0.3, 0.4) is 0 Å². The van der Waals surface area contributed by atoms with Gasteiger partial charge in [0.05, 0.1) is 6.04 Å². The van der Waals surface area contributed by atoms with Crippen LogP contribution in [-0.2, 0) is 6.42 Å². The van der Waals surface area contributed by atoms with Gasteiger partial charge in [0.25, 0.3) is 0 Å². The molecule has 2 nitrogen and oxygen atoms in total. The van der Waals surface area contributed by atoms with E-state index in [0.717, 1.165) is 29.6 Å². The smallest absolute Gasteiger partial charge is 0.134 e. The molecule has 1 aromatic heterocycles. The summed E-state index contributed by atoms with van der Waals surface area (Å²) in [5.74, 6) is 0.820. The highest BCUT2D eigenvalue weighted by Crippen LogP contribution is 2.27. The van der Waals surface area contributed by atoms with Crippen molar-refractivity contribution in [2.75, 3.05) is 0 Å². The molecule has 108 valence electrons. The zero-order valence-corrected chi connectivity index (χ0v) is 12.7. The molecular weight excluding hydrogens is 282 g/mol. The highest BCUT2D eigenvalue weighted by atomic mass is 35.5. The Morgan fingerprint density at radius 1 is 1.14 bits per heavy atom. The SMILES string of the molecule is Cc1ccccc1CCC(N)c1cc2cc(Cl)ccc2o1. The molecule has 0 aliphatic rings. The first-order valence-electron chi connectivity index (χ1n) is 7.12. The summed E-state index contributed by atoms with van der Waals surface area (Å²) in [6.07, 6.45) is 1.81. The quantitative estimate of drug-likeness (QED) is 0.734. The zero-order chi connectivity index (χ0) is 14.8. The van der Waals surface area contributed by atoms with Crippen LogP contribution in [0.4, 0.5) is 0 Å². The van der Waals surface area contributed by atoms with E-state index in [-0.39, 0.29) is 6.04 Å². The molecule has 0 radical (unpaired) electrons. The molecule has 0 bridgehead atoms. The van der Waals surface area contributed by atoms with Crippen LogP contribution in [0.5, 0.6) is 0 Å². The Hall–Kier alpha value is -1.77. The van der Waals surface area contributed by atoms with Gasteiger partial charge in [-0.25, -0.2) is 0 Å². The van der Waals surface area contributed by atoms with Crippen LogP contribution in [0.25, 0.3) is 11.0 Å². The monoisotopic (exact) mass is 299 g/mol. The van der Waals surface area contributed by atoms with Crippen LogP contribution < -0.4 is 5.73 Å². The topological polar surface area (TPSA) is 39.2 Å². The van der Waals surface area contributed by atoms with E-state index in [9.17, 15) is 0 Å². The summed E-state index contributed by atoms with van der Waals surface area (Å²) >= 11 is 5.99. The maximum Gasteiger partial charge on any atom is 0.134 e. The third kappa shape index (κ3) is 3.12. The Morgan fingerprint density at radius 2 is 1.95 bits per heavy atom. The van der Waals surface area contributed by atoms with Gasteiger partial charge in [0.2, 0.25) is 0 Å². The number of hydrogen-bond donors (Lipinski definition) is 1. The van der Waals surface area contributed by atoms with Crippen molar-refractivity contribution >= 4 is 22.6 Å². The van der Waals surface area contributed by atoms with E-state index in [4.69, 9.17) is 21.8 Å². The van der Waals surface area contributed by atoms with Gasteiger partial charge in [-0.15, -0.1) is 0 Å². The fourth-order valence-electron chi connectivity index (χ4n) is 2.56. The summed E-state index contributed by atoms with van der Waals surface area (Å²) in [6, 6.07) is 15.9. The number of aryl methyl sites for hydroxylation is 2. The maximum absolute atomic E-state index is 6.27. The molecule has 0 fully saturated rings. The molecule has 0 spiro atoms. The van der Waals surface area contributed by atoms with Crippen LogP contribution in [0.2, 0.25) is 5.02 Å². The van der Waals surface area contributed by atoms with Gasteiger partial charge in [-0.05, 0) is 55.2 Å². The molecule has 0 saturated carbocycles. The third-order valence-corrected chi connectivity index (χ3v) is 4.08. The number of rotatable bonds is 4. The normalized spacial score (nSPS) is 12.7. The second kappa shape index (κ2) is 5.92. The van der Waals surface area contributed by atoms with E-state index in [1.807, 2.05) is 24.3 Å². The number of nitrogens with two attached hydrogens (primary N) is 1. The fraction of sp³-hybridized carbons (Fsp3) is 0.222. The Bertz CT molecular complexity index is 763. The van der Waals surface area contributed by atoms with Crippen LogP contribution in [0.15, 0.2) is 52.9 Å². The molecule has 3 aromatic rings. The van der Waals surface area contributed by atoms with Crippen molar-refractivity contribution < 1.29 is 4.42 Å². The van der Waals surface area contributed by atoms with Gasteiger partial charge in [0.15, 0.2) is 0 Å². The summed E-state index contributed by atoms with van der Waals surface area (Å²) in [6.45, 7) is 2.13. The second-order valence-electron chi connectivity index (χ2n) is 5.40. The Kier molecular flexibility index (Phi) is 4.00. The van der Waals surface area contributed by atoms with E-state index >= 15 is 0 Å². The van der Waals surface area contributed by atoms with E-state index in [0.29, 0.717) is 5.02 Å². The van der Waals surface area contributed by atoms with Gasteiger partial charge in [-0.1, -0.05) is 35.9 Å². The zero-order valence-electron chi connectivity index (χ0n) is 12.0. The largest absolute Gasteiger partial charge is 0.459 e. The predicted octanol–water partition coefficient (Wildman–Crippen LogP) is 5.03. The number of furan rings is 1. The van der Waals surface area contributed by atoms with Crippen LogP contribution in [0, 0.1) is 6.92 Å². The molecule has 3 rings (SSSR count). The van der Waals surface area contributed by atoms with Crippen molar-refractivity contribution in [2.45, 2.75) is 25.8 Å². The minimum atomic E-state index is -0.101. The molecule has 1 heterocycles. The standard InChI is InChI=1S/C18H18ClNO/c1-12-4-2-3-5-13(12)6-8-16(20)18-11-14-10-15(19)7-9-17(14)21-18/h2-5,7,9-11,16H,6,8,20H2,1H3. The fourth-order valence-corrected chi connectivity index (χ4v) is 2.74. The maximum atomic E-state index is 6.27. The van der Waals surface area contributed by atoms with Crippen LogP contribution in [0.1, 0.15) is 29.3 Å². The van der Waals surface area contributed by atoms with Crippen molar-refractivity contribution in [3.8, 4) is 0 Å². The molecule has 0 amide bonds. The van der Waals surface area contributed by atoms with Crippen LogP contribution in [-0.4, -0.2) is 0 Å². The molecule has 0 aliphatic heterocycles. The van der Waals surface area contributed by atoms with Gasteiger partial charge in [0.1, 0.15) is 11.3 Å². The lowest BCUT2D eigenvalue weighted by molar-refractivity contribution is 0.478. The minimum absolute atomic E-state index is 0.101. The molecule has 1 unspecified atom stereocenters. The number of halogens is 1. The first kappa shape index (κ1) is 14.2. The molecule has 21 heavy (non-hydrogen) atoms. The summed E-state index contributed by atoms with van der Waals surface area (Å²) < 4.78 is 5.82. The van der Waals surface area contributed by atoms with Gasteiger partial charge >= 0.3 is 0 Å². The highest BCUT2D eigenvalue weighted by Gasteiger charge is 2.13. The van der Waals surface area contributed by atoms with Crippen molar-refractivity contribution in [1.29, 1.82) is 0 Å². The van der Waals surface area contributed by atoms with Crippen molar-refractivity contribution in [3.63, 3.8) is 0 Å². The second-order valence-corrected chi connectivity index (χ2v) is 5.84. The van der Waals surface area contributed by atoms with E-state index in [1.165, 1.54) is 11.1 Å². The lowest BCUT2D eigenvalue weighted by Gasteiger charge is -2.10. The van der Waals surface area contributed by atoms with Gasteiger partial charge in [-0.3, -0.25) is 0 Å². The average molecular weight is 300 g/mol. The van der Waals surface area contributed by atoms with Gasteiger partial charge < -0.3 is 10.2 Å². The lowest BCUT2D eigenvalue weighted by atomic mass is 10.0. The molecular formula is C18H18ClNO. The first-order valence-corrected chi connectivity index (χ1v) is 7.50. The van der Waals surface area contributed by atoms with E-state index in [2.05, 4.69) is 31.2 Å². The molecule has 2 N–H and O–H groups in total. The summed E-state index contributed by atoms with van der Waals surface area (Å²) in [5.41, 5.74) is 9.75. The minimum Gasteiger partial charge on any atom is -0.459 e. The number of fused-ring (bicyclic) bond motifs is 1. The molecule has 2 aromatic carbocycles. The van der Waals surface area contributed by atoms with E-state index in [1.54, 1.807) is 0 Å². The Balaban J connectivity index is 1.75. The van der Waals surface area contributed by atoms with Crippen LogP contribution >= 0.6 is 11.6 Å². The number of benzene rings is 2. The van der Waals surface area contributed by atoms with E-state index < -0.39 is 0 Å². The summed E-state index contributed by atoms with van der Waals surface area (Å²) in [4.78, 5) is 0. The Labute approximate surface area is 129 Å². The molecule has 0 aliphatic carbocycles. The van der Waals surface area contributed by atoms with Crippen molar-refractivity contribution in [1.82, 2.24) is 0 Å². The Morgan fingerprint density at radius 3 is 2.76 bits per heavy atom. The number of hydrogen-bond acceptors (Lipinski definition) is 2. The molecule has 0 saturated heterocycles. The first-order chi connectivity index (χ1) is 10.1. The molecule has 3 heteroatoms. The molecule has 1 atom stereocenters. The van der Waals surface area contributed by atoms with Crippen molar-refractivity contribution in [3.05, 3.63) is 70.4 Å². The van der Waals surface area contributed by atoms with Crippen molar-refractivity contribution in [2.24, 2.45) is 5.73 Å². The predicted molar refractivity (Wildman–Crippen MR) is 87.7 cm³/mol. The summed E-state index contributed by atoms with van der Waals surface area (Å²) in [5, 5.41) is 1.71. The van der Waals surface area contributed by atoms with Gasteiger partial charge in [0, 0.05) is 10.4 Å². The highest BCUT2D eigenvalue weighted by molar-refractivity contribution is 6.31. The third-order valence-electron chi connectivity index (χ3n) is 3.85. The summed E-state index contributed by atoms with van der Waals surface area (Å²) in [7, 11) is 0. The average Bonchev–Trinajstić information content (AvgIpc) is 2.89. The van der Waals surface area contributed by atoms with Gasteiger partial charge in [-0.2, -0.15) is 0 Å². The lowest BCUT2D eigenvalue weighted by Crippen LogP contribution is -2.10.